The van der Waals surface area contributed by atoms with Crippen LogP contribution in [0.1, 0.15) is 67.7 Å². The Labute approximate surface area is 187 Å². The average Bonchev–Trinajstić information content (AvgIpc) is 2.78. The minimum Gasteiger partial charge on any atom is -0.352 e. The van der Waals surface area contributed by atoms with Crippen LogP contribution in [0.25, 0.3) is 0 Å². The zero-order valence-electron chi connectivity index (χ0n) is 19.2. The molecule has 0 aromatic heterocycles. The summed E-state index contributed by atoms with van der Waals surface area (Å²) in [5.41, 5.74) is 4.58. The number of rotatable bonds is 8. The van der Waals surface area contributed by atoms with Crippen LogP contribution in [-0.4, -0.2) is 28.8 Å². The van der Waals surface area contributed by atoms with E-state index in [0.717, 1.165) is 29.5 Å². The molecule has 2 amide bonds. The zero-order chi connectivity index (χ0) is 22.2. The van der Waals surface area contributed by atoms with Gasteiger partial charge in [0.2, 0.25) is 11.8 Å². The summed E-state index contributed by atoms with van der Waals surface area (Å²) in [6, 6.07) is 16.1. The van der Waals surface area contributed by atoms with Crippen LogP contribution in [0.5, 0.6) is 0 Å². The molecule has 0 aliphatic heterocycles. The number of nitrogens with one attached hydrogen (secondary N) is 1. The van der Waals surface area contributed by atoms with Crippen LogP contribution in [0.4, 0.5) is 0 Å². The smallest absolute Gasteiger partial charge is 0.242 e. The van der Waals surface area contributed by atoms with Gasteiger partial charge in [-0.25, -0.2) is 0 Å². The Hall–Kier alpha value is -2.62. The molecule has 3 rings (SSSR count). The van der Waals surface area contributed by atoms with Gasteiger partial charge in [-0.2, -0.15) is 0 Å². The Morgan fingerprint density at radius 1 is 1.00 bits per heavy atom. The Kier molecular flexibility index (Phi) is 8.27. The summed E-state index contributed by atoms with van der Waals surface area (Å²) in [6.07, 6.45) is 6.74. The van der Waals surface area contributed by atoms with Gasteiger partial charge in [-0.15, -0.1) is 0 Å². The van der Waals surface area contributed by atoms with Crippen LogP contribution < -0.4 is 5.32 Å². The van der Waals surface area contributed by atoms with Crippen LogP contribution in [-0.2, 0) is 22.6 Å². The molecule has 0 spiro atoms. The first-order valence-corrected chi connectivity index (χ1v) is 11.6. The number of carbonyl (C=O) groups excluding carboxylic acids is 2. The van der Waals surface area contributed by atoms with Crippen LogP contribution >= 0.6 is 0 Å². The lowest BCUT2D eigenvalue weighted by atomic mass is 9.95. The first-order valence-electron chi connectivity index (χ1n) is 11.6. The van der Waals surface area contributed by atoms with E-state index in [1.165, 1.54) is 24.8 Å². The summed E-state index contributed by atoms with van der Waals surface area (Å²) < 4.78 is 0. The van der Waals surface area contributed by atoms with Crippen molar-refractivity contribution >= 4 is 11.8 Å². The number of benzene rings is 2. The third kappa shape index (κ3) is 6.68. The predicted molar refractivity (Wildman–Crippen MR) is 126 cm³/mol. The van der Waals surface area contributed by atoms with E-state index in [4.69, 9.17) is 0 Å². The maximum absolute atomic E-state index is 13.3. The first-order chi connectivity index (χ1) is 14.9. The van der Waals surface area contributed by atoms with E-state index in [1.54, 1.807) is 4.90 Å². The molecule has 1 saturated carbocycles. The highest BCUT2D eigenvalue weighted by atomic mass is 16.2. The van der Waals surface area contributed by atoms with Crippen LogP contribution in [0, 0.1) is 13.8 Å². The normalized spacial score (nSPS) is 15.3. The van der Waals surface area contributed by atoms with Gasteiger partial charge in [0.05, 0.1) is 0 Å². The van der Waals surface area contributed by atoms with Gasteiger partial charge < -0.3 is 10.2 Å². The number of aryl methyl sites for hydroxylation is 3. The second-order valence-corrected chi connectivity index (χ2v) is 8.95. The highest BCUT2D eigenvalue weighted by Crippen LogP contribution is 2.19. The minimum absolute atomic E-state index is 0.0233. The summed E-state index contributed by atoms with van der Waals surface area (Å²) in [6.45, 7) is 6.43. The van der Waals surface area contributed by atoms with Gasteiger partial charge in [-0.1, -0.05) is 73.4 Å². The van der Waals surface area contributed by atoms with Crippen LogP contribution in [0.2, 0.25) is 0 Å². The molecule has 1 fully saturated rings. The van der Waals surface area contributed by atoms with Crippen molar-refractivity contribution in [3.05, 3.63) is 70.8 Å². The Bertz CT molecular complexity index is 869. The van der Waals surface area contributed by atoms with Gasteiger partial charge in [0.1, 0.15) is 6.04 Å². The maximum atomic E-state index is 13.3. The van der Waals surface area contributed by atoms with Gasteiger partial charge in [0, 0.05) is 19.0 Å². The summed E-state index contributed by atoms with van der Waals surface area (Å²) in [5, 5.41) is 3.20. The lowest BCUT2D eigenvalue weighted by Crippen LogP contribution is -2.50. The van der Waals surface area contributed by atoms with Gasteiger partial charge in [0.25, 0.3) is 0 Å². The molecule has 1 atom stereocenters. The van der Waals surface area contributed by atoms with E-state index in [0.29, 0.717) is 19.4 Å². The first kappa shape index (κ1) is 23.1. The fourth-order valence-corrected chi connectivity index (χ4v) is 4.27. The van der Waals surface area contributed by atoms with E-state index in [2.05, 4.69) is 49.5 Å². The quantitative estimate of drug-likeness (QED) is 0.646. The molecule has 0 radical (unpaired) electrons. The van der Waals surface area contributed by atoms with E-state index in [9.17, 15) is 9.59 Å². The number of amides is 2. The van der Waals surface area contributed by atoms with E-state index in [1.807, 2.05) is 25.1 Å². The Morgan fingerprint density at radius 3 is 2.35 bits per heavy atom. The van der Waals surface area contributed by atoms with Crippen LogP contribution in [0.15, 0.2) is 48.5 Å². The van der Waals surface area contributed by atoms with Crippen LogP contribution in [0.3, 0.4) is 0 Å². The lowest BCUT2D eigenvalue weighted by Gasteiger charge is -2.31. The molecule has 1 aliphatic rings. The molecule has 4 heteroatoms. The number of carbonyl (C=O) groups is 2. The molecule has 166 valence electrons. The highest BCUT2D eigenvalue weighted by Gasteiger charge is 2.28. The van der Waals surface area contributed by atoms with Crippen molar-refractivity contribution in [1.29, 1.82) is 0 Å². The van der Waals surface area contributed by atoms with Crippen molar-refractivity contribution in [2.24, 2.45) is 0 Å². The third-order valence-electron chi connectivity index (χ3n) is 6.47. The molecule has 2 aromatic carbocycles. The molecule has 1 aliphatic carbocycles. The number of hydrogen-bond acceptors (Lipinski definition) is 2. The van der Waals surface area contributed by atoms with E-state index < -0.39 is 6.04 Å². The zero-order valence-corrected chi connectivity index (χ0v) is 19.2. The van der Waals surface area contributed by atoms with Crippen molar-refractivity contribution in [2.75, 3.05) is 0 Å². The Balaban J connectivity index is 1.71. The molecule has 0 saturated heterocycles. The highest BCUT2D eigenvalue weighted by molar-refractivity contribution is 5.87. The molecule has 2 aromatic rings. The van der Waals surface area contributed by atoms with E-state index in [-0.39, 0.29) is 17.9 Å². The number of hydrogen-bond donors (Lipinski definition) is 1. The molecule has 0 bridgehead atoms. The molecule has 1 unspecified atom stereocenters. The fourth-order valence-electron chi connectivity index (χ4n) is 4.27. The van der Waals surface area contributed by atoms with Gasteiger partial charge in [0.15, 0.2) is 0 Å². The third-order valence-corrected chi connectivity index (χ3v) is 6.47. The van der Waals surface area contributed by atoms with Crippen molar-refractivity contribution in [3.63, 3.8) is 0 Å². The molecule has 31 heavy (non-hydrogen) atoms. The summed E-state index contributed by atoms with van der Waals surface area (Å²) in [4.78, 5) is 28.1. The van der Waals surface area contributed by atoms with Gasteiger partial charge in [-0.3, -0.25) is 9.59 Å². The summed E-state index contributed by atoms with van der Waals surface area (Å²) in [7, 11) is 0. The topological polar surface area (TPSA) is 49.4 Å². The summed E-state index contributed by atoms with van der Waals surface area (Å²) >= 11 is 0. The van der Waals surface area contributed by atoms with Crippen molar-refractivity contribution in [2.45, 2.75) is 84.3 Å². The van der Waals surface area contributed by atoms with Gasteiger partial charge >= 0.3 is 0 Å². The standard InChI is InChI=1S/C27H36N2O2/c1-20-13-15-23(16-14-20)17-18-26(30)29(19-24-10-8-7-9-21(24)2)22(3)27(31)28-25-11-5-4-6-12-25/h7-10,13-16,22,25H,4-6,11-12,17-19H2,1-3H3,(H,28,31). The van der Waals surface area contributed by atoms with Gasteiger partial charge in [-0.05, 0) is 56.7 Å². The predicted octanol–water partition coefficient (Wildman–Crippen LogP) is 5.10. The minimum atomic E-state index is -0.493. The molecular weight excluding hydrogens is 384 g/mol. The Morgan fingerprint density at radius 2 is 1.68 bits per heavy atom. The largest absolute Gasteiger partial charge is 0.352 e. The van der Waals surface area contributed by atoms with Crippen molar-refractivity contribution in [1.82, 2.24) is 10.2 Å². The molecule has 0 heterocycles. The molecule has 1 N–H and O–H groups in total. The fraction of sp³-hybridized carbons (Fsp3) is 0.481. The van der Waals surface area contributed by atoms with Crippen molar-refractivity contribution < 1.29 is 9.59 Å². The average molecular weight is 421 g/mol. The number of nitrogens with zero attached hydrogens (tertiary/aromatic N) is 1. The molecular formula is C27H36N2O2. The van der Waals surface area contributed by atoms with Crippen molar-refractivity contribution in [3.8, 4) is 0 Å². The molecule has 4 nitrogen and oxygen atoms in total. The van der Waals surface area contributed by atoms with E-state index >= 15 is 0 Å². The maximum Gasteiger partial charge on any atom is 0.242 e. The second kappa shape index (κ2) is 11.1. The monoisotopic (exact) mass is 420 g/mol. The SMILES string of the molecule is Cc1ccc(CCC(=O)N(Cc2ccccc2C)C(C)C(=O)NC2CCCCC2)cc1. The summed E-state index contributed by atoms with van der Waals surface area (Å²) in [5.74, 6) is -0.0145. The second-order valence-electron chi connectivity index (χ2n) is 8.95. The lowest BCUT2D eigenvalue weighted by molar-refractivity contribution is -0.141.